The number of hydrogen-bond acceptors (Lipinski definition) is 2. The van der Waals surface area contributed by atoms with Crippen molar-refractivity contribution < 1.29 is 9.59 Å². The SMILES string of the molecule is CC(=O)C1C(=O)C=CCC1C. The highest BCUT2D eigenvalue weighted by Crippen LogP contribution is 2.22. The number of carbonyl (C=O) groups is 2. The van der Waals surface area contributed by atoms with Crippen molar-refractivity contribution in [3.05, 3.63) is 12.2 Å². The molecule has 2 unspecified atom stereocenters. The molecule has 0 N–H and O–H groups in total. The van der Waals surface area contributed by atoms with Gasteiger partial charge in [0.15, 0.2) is 5.78 Å². The van der Waals surface area contributed by atoms with E-state index in [1.165, 1.54) is 13.0 Å². The predicted octanol–water partition coefficient (Wildman–Crippen LogP) is 1.36. The number of carbonyl (C=O) groups excluding carboxylic acids is 2. The van der Waals surface area contributed by atoms with Gasteiger partial charge in [-0.25, -0.2) is 0 Å². The van der Waals surface area contributed by atoms with Crippen molar-refractivity contribution in [2.24, 2.45) is 11.8 Å². The highest BCUT2D eigenvalue weighted by atomic mass is 16.1. The zero-order valence-corrected chi connectivity index (χ0v) is 6.83. The molecule has 0 aliphatic heterocycles. The molecule has 1 rings (SSSR count). The molecular formula is C9H12O2. The number of allylic oxidation sites excluding steroid dienone is 2. The molecule has 2 nitrogen and oxygen atoms in total. The largest absolute Gasteiger partial charge is 0.299 e. The van der Waals surface area contributed by atoms with Gasteiger partial charge in [0.05, 0.1) is 5.92 Å². The van der Waals surface area contributed by atoms with Crippen LogP contribution in [0.15, 0.2) is 12.2 Å². The molecule has 1 aliphatic carbocycles. The average molecular weight is 152 g/mol. The maximum absolute atomic E-state index is 11.1. The second-order valence-corrected chi connectivity index (χ2v) is 3.11. The fourth-order valence-corrected chi connectivity index (χ4v) is 1.52. The number of Topliss-reactive ketones (excluding diaryl/α,β-unsaturated/α-hetero) is 1. The summed E-state index contributed by atoms with van der Waals surface area (Å²) in [6.45, 7) is 3.42. The summed E-state index contributed by atoms with van der Waals surface area (Å²) in [5.74, 6) is -0.229. The van der Waals surface area contributed by atoms with E-state index in [4.69, 9.17) is 0 Å². The van der Waals surface area contributed by atoms with Gasteiger partial charge in [-0.15, -0.1) is 0 Å². The second kappa shape index (κ2) is 2.99. The van der Waals surface area contributed by atoms with E-state index < -0.39 is 0 Å². The van der Waals surface area contributed by atoms with E-state index in [9.17, 15) is 9.59 Å². The molecule has 0 aromatic heterocycles. The first kappa shape index (κ1) is 8.18. The van der Waals surface area contributed by atoms with Crippen molar-refractivity contribution in [1.82, 2.24) is 0 Å². The summed E-state index contributed by atoms with van der Waals surface area (Å²) in [5, 5.41) is 0. The van der Waals surface area contributed by atoms with Gasteiger partial charge < -0.3 is 0 Å². The lowest BCUT2D eigenvalue weighted by atomic mass is 9.81. The standard InChI is InChI=1S/C9H12O2/c1-6-4-3-5-8(11)9(6)7(2)10/h3,5-6,9H,4H2,1-2H3. The molecule has 0 fully saturated rings. The van der Waals surface area contributed by atoms with E-state index >= 15 is 0 Å². The van der Waals surface area contributed by atoms with Crippen LogP contribution in [0, 0.1) is 11.8 Å². The van der Waals surface area contributed by atoms with Crippen LogP contribution in [0.5, 0.6) is 0 Å². The fraction of sp³-hybridized carbons (Fsp3) is 0.556. The van der Waals surface area contributed by atoms with Gasteiger partial charge in [-0.1, -0.05) is 13.0 Å². The maximum atomic E-state index is 11.1. The van der Waals surface area contributed by atoms with Crippen LogP contribution in [0.25, 0.3) is 0 Å². The zero-order valence-electron chi connectivity index (χ0n) is 6.83. The Kier molecular flexibility index (Phi) is 2.22. The third-order valence-corrected chi connectivity index (χ3v) is 2.10. The summed E-state index contributed by atoms with van der Waals surface area (Å²) >= 11 is 0. The first-order chi connectivity index (χ1) is 5.13. The van der Waals surface area contributed by atoms with E-state index in [0.29, 0.717) is 0 Å². The normalized spacial score (nSPS) is 30.5. The van der Waals surface area contributed by atoms with E-state index in [1.54, 1.807) is 0 Å². The van der Waals surface area contributed by atoms with Gasteiger partial charge in [0.25, 0.3) is 0 Å². The third-order valence-electron chi connectivity index (χ3n) is 2.10. The van der Waals surface area contributed by atoms with Crippen molar-refractivity contribution in [2.75, 3.05) is 0 Å². The summed E-state index contributed by atoms with van der Waals surface area (Å²) < 4.78 is 0. The Hall–Kier alpha value is -0.920. The number of hydrogen-bond donors (Lipinski definition) is 0. The molecule has 2 heteroatoms. The monoisotopic (exact) mass is 152 g/mol. The molecule has 1 aliphatic rings. The fourth-order valence-electron chi connectivity index (χ4n) is 1.52. The minimum absolute atomic E-state index is 0.00755. The van der Waals surface area contributed by atoms with Crippen molar-refractivity contribution in [3.8, 4) is 0 Å². The molecule has 0 amide bonds. The molecule has 11 heavy (non-hydrogen) atoms. The number of ketones is 2. The van der Waals surface area contributed by atoms with Gasteiger partial charge in [0, 0.05) is 0 Å². The van der Waals surface area contributed by atoms with Gasteiger partial charge in [-0.2, -0.15) is 0 Å². The average Bonchev–Trinajstić information content (AvgIpc) is 1.85. The second-order valence-electron chi connectivity index (χ2n) is 3.11. The van der Waals surface area contributed by atoms with Gasteiger partial charge in [-0.3, -0.25) is 9.59 Å². The minimum Gasteiger partial charge on any atom is -0.299 e. The molecule has 0 saturated carbocycles. The van der Waals surface area contributed by atoms with Crippen molar-refractivity contribution in [3.63, 3.8) is 0 Å². The molecule has 0 aromatic carbocycles. The Morgan fingerprint density at radius 2 is 2.27 bits per heavy atom. The lowest BCUT2D eigenvalue weighted by molar-refractivity contribution is -0.131. The lowest BCUT2D eigenvalue weighted by Gasteiger charge is -2.20. The molecular weight excluding hydrogens is 140 g/mol. The summed E-state index contributed by atoms with van der Waals surface area (Å²) in [5.41, 5.74) is 0. The Balaban J connectivity index is 2.83. The van der Waals surface area contributed by atoms with Gasteiger partial charge in [-0.05, 0) is 25.3 Å². The summed E-state index contributed by atoms with van der Waals surface area (Å²) in [4.78, 5) is 22.1. The quantitative estimate of drug-likeness (QED) is 0.531. The van der Waals surface area contributed by atoms with Crippen LogP contribution in [0.2, 0.25) is 0 Å². The van der Waals surface area contributed by atoms with Crippen LogP contribution in [-0.2, 0) is 9.59 Å². The highest BCUT2D eigenvalue weighted by molar-refractivity contribution is 6.07. The van der Waals surface area contributed by atoms with Gasteiger partial charge in [0.2, 0.25) is 0 Å². The molecule has 2 atom stereocenters. The van der Waals surface area contributed by atoms with E-state index in [-0.39, 0.29) is 23.4 Å². The van der Waals surface area contributed by atoms with Crippen LogP contribution >= 0.6 is 0 Å². The van der Waals surface area contributed by atoms with Crippen molar-refractivity contribution >= 4 is 11.6 Å². The lowest BCUT2D eigenvalue weighted by Crippen LogP contribution is -2.29. The zero-order chi connectivity index (χ0) is 8.43. The molecule has 0 heterocycles. The van der Waals surface area contributed by atoms with Crippen LogP contribution < -0.4 is 0 Å². The van der Waals surface area contributed by atoms with Crippen molar-refractivity contribution in [2.45, 2.75) is 20.3 Å². The summed E-state index contributed by atoms with van der Waals surface area (Å²) in [6.07, 6.45) is 4.20. The Morgan fingerprint density at radius 3 is 2.64 bits per heavy atom. The number of rotatable bonds is 1. The predicted molar refractivity (Wildman–Crippen MR) is 42.1 cm³/mol. The highest BCUT2D eigenvalue weighted by Gasteiger charge is 2.29. The summed E-state index contributed by atoms with van der Waals surface area (Å²) in [6, 6.07) is 0. The minimum atomic E-state index is -0.375. The molecule has 0 spiro atoms. The topological polar surface area (TPSA) is 34.1 Å². The third kappa shape index (κ3) is 1.56. The van der Waals surface area contributed by atoms with Crippen LogP contribution in [0.3, 0.4) is 0 Å². The summed E-state index contributed by atoms with van der Waals surface area (Å²) in [7, 11) is 0. The smallest absolute Gasteiger partial charge is 0.166 e. The maximum Gasteiger partial charge on any atom is 0.166 e. The Labute approximate surface area is 66.3 Å². The van der Waals surface area contributed by atoms with E-state index in [0.717, 1.165) is 6.42 Å². The van der Waals surface area contributed by atoms with Crippen LogP contribution in [-0.4, -0.2) is 11.6 Å². The first-order valence-electron chi connectivity index (χ1n) is 3.83. The Morgan fingerprint density at radius 1 is 1.64 bits per heavy atom. The van der Waals surface area contributed by atoms with Crippen LogP contribution in [0.4, 0.5) is 0 Å². The Bertz CT molecular complexity index is 216. The van der Waals surface area contributed by atoms with E-state index in [2.05, 4.69) is 0 Å². The molecule has 0 radical (unpaired) electrons. The molecule has 60 valence electrons. The van der Waals surface area contributed by atoms with Gasteiger partial charge in [0.1, 0.15) is 5.78 Å². The van der Waals surface area contributed by atoms with Gasteiger partial charge >= 0.3 is 0 Å². The van der Waals surface area contributed by atoms with Crippen LogP contribution in [0.1, 0.15) is 20.3 Å². The molecule has 0 saturated heterocycles. The molecule has 0 bridgehead atoms. The first-order valence-corrected chi connectivity index (χ1v) is 3.83. The van der Waals surface area contributed by atoms with Crippen molar-refractivity contribution in [1.29, 1.82) is 0 Å². The van der Waals surface area contributed by atoms with E-state index in [1.807, 2.05) is 13.0 Å². The molecule has 0 aromatic rings.